The average Bonchev–Trinajstić information content (AvgIpc) is 2.44. The second-order valence-corrected chi connectivity index (χ2v) is 3.31. The molecule has 1 aromatic heterocycles. The Hall–Kier alpha value is -1.32. The SMILES string of the molecule is Cn1cccc1C(=O)N1CC(F)C1. The standard InChI is InChI=1S/C9H11FN2O/c1-11-4-2-3-8(11)9(13)12-5-7(10)6-12/h2-4,7H,5-6H2,1H3. The van der Waals surface area contributed by atoms with E-state index in [9.17, 15) is 9.18 Å². The average molecular weight is 182 g/mol. The third-order valence-electron chi connectivity index (χ3n) is 2.29. The molecule has 0 spiro atoms. The first-order valence-electron chi connectivity index (χ1n) is 4.23. The Morgan fingerprint density at radius 2 is 2.31 bits per heavy atom. The van der Waals surface area contributed by atoms with Crippen molar-refractivity contribution in [3.63, 3.8) is 0 Å². The van der Waals surface area contributed by atoms with Crippen molar-refractivity contribution in [1.29, 1.82) is 0 Å². The Kier molecular flexibility index (Phi) is 1.83. The summed E-state index contributed by atoms with van der Waals surface area (Å²) in [5, 5.41) is 0. The van der Waals surface area contributed by atoms with Crippen molar-refractivity contribution in [3.05, 3.63) is 24.0 Å². The van der Waals surface area contributed by atoms with Gasteiger partial charge in [0, 0.05) is 13.2 Å². The largest absolute Gasteiger partial charge is 0.347 e. The summed E-state index contributed by atoms with van der Waals surface area (Å²) in [4.78, 5) is 13.1. The third kappa shape index (κ3) is 1.32. The number of carbonyl (C=O) groups is 1. The first-order chi connectivity index (χ1) is 6.18. The lowest BCUT2D eigenvalue weighted by atomic mass is 10.2. The quantitative estimate of drug-likeness (QED) is 0.631. The summed E-state index contributed by atoms with van der Waals surface area (Å²) >= 11 is 0. The van der Waals surface area contributed by atoms with Gasteiger partial charge in [0.1, 0.15) is 11.9 Å². The number of aryl methyl sites for hydroxylation is 1. The molecule has 13 heavy (non-hydrogen) atoms. The van der Waals surface area contributed by atoms with Gasteiger partial charge >= 0.3 is 0 Å². The predicted octanol–water partition coefficient (Wildman–Crippen LogP) is 0.819. The molecule has 0 aliphatic carbocycles. The minimum atomic E-state index is -0.829. The number of halogens is 1. The van der Waals surface area contributed by atoms with Crippen LogP contribution < -0.4 is 0 Å². The van der Waals surface area contributed by atoms with Crippen LogP contribution in [0.15, 0.2) is 18.3 Å². The molecule has 4 heteroatoms. The monoisotopic (exact) mass is 182 g/mol. The van der Waals surface area contributed by atoms with Crippen molar-refractivity contribution in [2.75, 3.05) is 13.1 Å². The Labute approximate surface area is 75.8 Å². The van der Waals surface area contributed by atoms with Crippen molar-refractivity contribution in [1.82, 2.24) is 9.47 Å². The van der Waals surface area contributed by atoms with Crippen molar-refractivity contribution < 1.29 is 9.18 Å². The van der Waals surface area contributed by atoms with Crippen LogP contribution in [0.1, 0.15) is 10.5 Å². The Balaban J connectivity index is 2.10. The summed E-state index contributed by atoms with van der Waals surface area (Å²) in [5.74, 6) is -0.0820. The molecule has 1 saturated heterocycles. The van der Waals surface area contributed by atoms with Crippen LogP contribution in [0.2, 0.25) is 0 Å². The number of carbonyl (C=O) groups excluding carboxylic acids is 1. The lowest BCUT2D eigenvalue weighted by molar-refractivity contribution is 0.0391. The molecule has 0 N–H and O–H groups in total. The highest BCUT2D eigenvalue weighted by Crippen LogP contribution is 2.15. The lowest BCUT2D eigenvalue weighted by Crippen LogP contribution is -2.51. The van der Waals surface area contributed by atoms with Crippen LogP contribution in [0.4, 0.5) is 4.39 Å². The van der Waals surface area contributed by atoms with Gasteiger partial charge in [0.05, 0.1) is 13.1 Å². The highest BCUT2D eigenvalue weighted by molar-refractivity contribution is 5.93. The third-order valence-corrected chi connectivity index (χ3v) is 2.29. The molecule has 0 saturated carbocycles. The van der Waals surface area contributed by atoms with E-state index in [-0.39, 0.29) is 19.0 Å². The number of alkyl halides is 1. The molecule has 1 aromatic rings. The summed E-state index contributed by atoms with van der Waals surface area (Å²) in [7, 11) is 1.81. The summed E-state index contributed by atoms with van der Waals surface area (Å²) in [6, 6.07) is 3.55. The number of likely N-dealkylation sites (tertiary alicyclic amines) is 1. The van der Waals surface area contributed by atoms with Crippen LogP contribution in [0.25, 0.3) is 0 Å². The molecule has 1 fully saturated rings. The van der Waals surface area contributed by atoms with E-state index in [4.69, 9.17) is 0 Å². The van der Waals surface area contributed by atoms with Gasteiger partial charge < -0.3 is 9.47 Å². The van der Waals surface area contributed by atoms with Crippen LogP contribution in [0, 0.1) is 0 Å². The molecule has 1 amide bonds. The second-order valence-electron chi connectivity index (χ2n) is 3.31. The van der Waals surface area contributed by atoms with E-state index in [1.165, 1.54) is 4.90 Å². The smallest absolute Gasteiger partial charge is 0.270 e. The molecule has 0 bridgehead atoms. The van der Waals surface area contributed by atoms with Gasteiger partial charge in [-0.25, -0.2) is 4.39 Å². The molecule has 1 aliphatic rings. The molecule has 0 radical (unpaired) electrons. The Morgan fingerprint density at radius 3 is 2.77 bits per heavy atom. The zero-order chi connectivity index (χ0) is 9.42. The van der Waals surface area contributed by atoms with E-state index < -0.39 is 6.17 Å². The molecule has 3 nitrogen and oxygen atoms in total. The number of hydrogen-bond donors (Lipinski definition) is 0. The van der Waals surface area contributed by atoms with Gasteiger partial charge in [-0.1, -0.05) is 0 Å². The summed E-state index contributed by atoms with van der Waals surface area (Å²) < 4.78 is 14.2. The van der Waals surface area contributed by atoms with Gasteiger partial charge in [0.15, 0.2) is 0 Å². The molecule has 70 valence electrons. The van der Waals surface area contributed by atoms with Gasteiger partial charge in [-0.05, 0) is 12.1 Å². The van der Waals surface area contributed by atoms with Gasteiger partial charge in [0.25, 0.3) is 5.91 Å². The van der Waals surface area contributed by atoms with E-state index in [1.54, 1.807) is 29.9 Å². The molecule has 2 rings (SSSR count). The lowest BCUT2D eigenvalue weighted by Gasteiger charge is -2.34. The fourth-order valence-electron chi connectivity index (χ4n) is 1.44. The van der Waals surface area contributed by atoms with Crippen LogP contribution in [0.5, 0.6) is 0 Å². The van der Waals surface area contributed by atoms with Gasteiger partial charge in [-0.3, -0.25) is 4.79 Å². The van der Waals surface area contributed by atoms with Crippen molar-refractivity contribution >= 4 is 5.91 Å². The molecule has 1 aliphatic heterocycles. The normalized spacial score (nSPS) is 17.2. The number of hydrogen-bond acceptors (Lipinski definition) is 1. The van der Waals surface area contributed by atoms with E-state index in [1.807, 2.05) is 0 Å². The van der Waals surface area contributed by atoms with Crippen LogP contribution in [0.3, 0.4) is 0 Å². The van der Waals surface area contributed by atoms with Gasteiger partial charge in [0.2, 0.25) is 0 Å². The van der Waals surface area contributed by atoms with Crippen LogP contribution >= 0.6 is 0 Å². The maximum absolute atomic E-state index is 12.5. The molecule has 0 unspecified atom stereocenters. The number of amides is 1. The summed E-state index contributed by atoms with van der Waals surface area (Å²) in [6.07, 6.45) is 0.976. The maximum atomic E-state index is 12.5. The fourth-order valence-corrected chi connectivity index (χ4v) is 1.44. The molecular weight excluding hydrogens is 171 g/mol. The number of nitrogens with zero attached hydrogens (tertiary/aromatic N) is 2. The van der Waals surface area contributed by atoms with Crippen LogP contribution in [-0.4, -0.2) is 34.6 Å². The first kappa shape index (κ1) is 8.29. The maximum Gasteiger partial charge on any atom is 0.270 e. The van der Waals surface area contributed by atoms with E-state index in [2.05, 4.69) is 0 Å². The zero-order valence-electron chi connectivity index (χ0n) is 7.40. The highest BCUT2D eigenvalue weighted by Gasteiger charge is 2.31. The minimum absolute atomic E-state index is 0.0820. The molecule has 0 atom stereocenters. The molecule has 0 aromatic carbocycles. The number of aromatic nitrogens is 1. The highest BCUT2D eigenvalue weighted by atomic mass is 19.1. The van der Waals surface area contributed by atoms with Gasteiger partial charge in [-0.15, -0.1) is 0 Å². The minimum Gasteiger partial charge on any atom is -0.347 e. The predicted molar refractivity (Wildman–Crippen MR) is 46.2 cm³/mol. The Morgan fingerprint density at radius 1 is 1.62 bits per heavy atom. The van der Waals surface area contributed by atoms with Crippen LogP contribution in [-0.2, 0) is 7.05 Å². The Bertz CT molecular complexity index is 328. The van der Waals surface area contributed by atoms with Gasteiger partial charge in [-0.2, -0.15) is 0 Å². The first-order valence-corrected chi connectivity index (χ1v) is 4.23. The fraction of sp³-hybridized carbons (Fsp3) is 0.444. The molecule has 2 heterocycles. The van der Waals surface area contributed by atoms with Crippen molar-refractivity contribution in [2.45, 2.75) is 6.17 Å². The van der Waals surface area contributed by atoms with E-state index in [0.717, 1.165) is 0 Å². The number of rotatable bonds is 1. The van der Waals surface area contributed by atoms with E-state index >= 15 is 0 Å². The zero-order valence-corrected chi connectivity index (χ0v) is 7.40. The van der Waals surface area contributed by atoms with Crippen molar-refractivity contribution in [2.24, 2.45) is 7.05 Å². The van der Waals surface area contributed by atoms with Crippen molar-refractivity contribution in [3.8, 4) is 0 Å². The van der Waals surface area contributed by atoms with E-state index in [0.29, 0.717) is 5.69 Å². The molecular formula is C9H11FN2O. The second kappa shape index (κ2) is 2.87. The summed E-state index contributed by atoms with van der Waals surface area (Å²) in [5.41, 5.74) is 0.618. The topological polar surface area (TPSA) is 25.2 Å². The summed E-state index contributed by atoms with van der Waals surface area (Å²) in [6.45, 7) is 0.480.